The second kappa shape index (κ2) is 8.96. The van der Waals surface area contributed by atoms with E-state index in [4.69, 9.17) is 4.98 Å². The van der Waals surface area contributed by atoms with Crippen LogP contribution in [0.2, 0.25) is 0 Å². The number of nitrogens with zero attached hydrogens (tertiary/aromatic N) is 3. The van der Waals surface area contributed by atoms with Gasteiger partial charge in [0.2, 0.25) is 0 Å². The summed E-state index contributed by atoms with van der Waals surface area (Å²) < 4.78 is 42.3. The van der Waals surface area contributed by atoms with Crippen LogP contribution >= 0.6 is 0 Å². The Kier molecular flexibility index (Phi) is 6.26. The highest BCUT2D eigenvalue weighted by atomic mass is 19.4. The molecule has 0 bridgehead atoms. The van der Waals surface area contributed by atoms with E-state index in [1.807, 2.05) is 33.0 Å². The number of alkyl halides is 3. The van der Waals surface area contributed by atoms with Gasteiger partial charge in [-0.25, -0.2) is 9.97 Å². The van der Waals surface area contributed by atoms with Crippen LogP contribution in [0.3, 0.4) is 0 Å². The lowest BCUT2D eigenvalue weighted by Gasteiger charge is -2.21. The Bertz CT molecular complexity index is 1080. The van der Waals surface area contributed by atoms with E-state index < -0.39 is 11.7 Å². The lowest BCUT2D eigenvalue weighted by Crippen LogP contribution is -2.11. The van der Waals surface area contributed by atoms with Gasteiger partial charge in [-0.2, -0.15) is 13.2 Å². The Hall–Kier alpha value is -2.83. The predicted octanol–water partition coefficient (Wildman–Crippen LogP) is 7.04. The van der Waals surface area contributed by atoms with Crippen molar-refractivity contribution in [1.82, 2.24) is 14.5 Å². The zero-order valence-electron chi connectivity index (χ0n) is 18.7. The lowest BCUT2D eigenvalue weighted by molar-refractivity contribution is -0.137. The van der Waals surface area contributed by atoms with E-state index in [9.17, 15) is 13.2 Å². The molecule has 4 rings (SSSR count). The van der Waals surface area contributed by atoms with Crippen molar-refractivity contribution >= 4 is 5.82 Å². The maximum Gasteiger partial charge on any atom is 0.416 e. The van der Waals surface area contributed by atoms with Gasteiger partial charge in [0.15, 0.2) is 0 Å². The topological polar surface area (TPSA) is 42.7 Å². The fraction of sp³-hybridized carbons (Fsp3) is 0.440. The first-order valence-electron chi connectivity index (χ1n) is 11.2. The number of benzene rings is 1. The standard InChI is InChI=1S/C25H29F3N4/c1-16(2)30-21-15-19(12-13-29-21)23-22(18-10-7-11-20(14-18)25(26,27)28)31-24(32(23)3)17-8-5-4-6-9-17/h7,10-17H,4-6,8-9H2,1-3H3,(H,29,30). The number of pyridine rings is 1. The van der Waals surface area contributed by atoms with Gasteiger partial charge in [-0.05, 0) is 51.0 Å². The molecular weight excluding hydrogens is 413 g/mol. The summed E-state index contributed by atoms with van der Waals surface area (Å²) >= 11 is 0. The normalized spacial score (nSPS) is 15.3. The van der Waals surface area contributed by atoms with Crippen LogP contribution in [-0.2, 0) is 13.2 Å². The summed E-state index contributed by atoms with van der Waals surface area (Å²) in [6, 6.07) is 9.51. The Labute approximate surface area is 186 Å². The summed E-state index contributed by atoms with van der Waals surface area (Å²) in [7, 11) is 1.97. The van der Waals surface area contributed by atoms with E-state index in [-0.39, 0.29) is 6.04 Å². The Balaban J connectivity index is 1.87. The Morgan fingerprint density at radius 2 is 1.78 bits per heavy atom. The van der Waals surface area contributed by atoms with E-state index >= 15 is 0 Å². The van der Waals surface area contributed by atoms with Crippen LogP contribution in [0.5, 0.6) is 0 Å². The molecule has 170 valence electrons. The summed E-state index contributed by atoms with van der Waals surface area (Å²) in [6.45, 7) is 4.07. The van der Waals surface area contributed by atoms with Gasteiger partial charge in [0.1, 0.15) is 11.6 Å². The summed E-state index contributed by atoms with van der Waals surface area (Å²) in [5, 5.41) is 3.30. The second-order valence-corrected chi connectivity index (χ2v) is 8.87. The molecule has 2 heterocycles. The van der Waals surface area contributed by atoms with Gasteiger partial charge >= 0.3 is 6.18 Å². The maximum absolute atomic E-state index is 13.4. The molecule has 32 heavy (non-hydrogen) atoms. The van der Waals surface area contributed by atoms with Crippen LogP contribution in [0.25, 0.3) is 22.5 Å². The minimum absolute atomic E-state index is 0.213. The number of aromatic nitrogens is 3. The zero-order valence-corrected chi connectivity index (χ0v) is 18.7. The number of anilines is 1. The van der Waals surface area contributed by atoms with Crippen molar-refractivity contribution in [1.29, 1.82) is 0 Å². The lowest BCUT2D eigenvalue weighted by atomic mass is 9.88. The molecule has 1 N–H and O–H groups in total. The van der Waals surface area contributed by atoms with Crippen LogP contribution < -0.4 is 5.32 Å². The van der Waals surface area contributed by atoms with Gasteiger partial charge < -0.3 is 9.88 Å². The fourth-order valence-electron chi connectivity index (χ4n) is 4.57. The smallest absolute Gasteiger partial charge is 0.368 e. The molecule has 0 saturated heterocycles. The average Bonchev–Trinajstić information content (AvgIpc) is 3.11. The molecule has 1 aliphatic rings. The van der Waals surface area contributed by atoms with Crippen LogP contribution in [0.4, 0.5) is 19.0 Å². The summed E-state index contributed by atoms with van der Waals surface area (Å²) in [4.78, 5) is 9.34. The average molecular weight is 443 g/mol. The van der Waals surface area contributed by atoms with E-state index in [2.05, 4.69) is 14.9 Å². The van der Waals surface area contributed by atoms with Crippen molar-refractivity contribution < 1.29 is 13.2 Å². The first kappa shape index (κ1) is 22.4. The number of rotatable bonds is 5. The highest BCUT2D eigenvalue weighted by Crippen LogP contribution is 2.40. The molecule has 0 aliphatic heterocycles. The van der Waals surface area contributed by atoms with Crippen molar-refractivity contribution in [2.75, 3.05) is 5.32 Å². The van der Waals surface area contributed by atoms with Crippen LogP contribution in [0.15, 0.2) is 42.6 Å². The molecule has 0 unspecified atom stereocenters. The Morgan fingerprint density at radius 1 is 1.03 bits per heavy atom. The molecule has 0 spiro atoms. The quantitative estimate of drug-likeness (QED) is 0.461. The molecule has 1 saturated carbocycles. The number of nitrogens with one attached hydrogen (secondary N) is 1. The number of halogens is 3. The predicted molar refractivity (Wildman–Crippen MR) is 121 cm³/mol. The molecular formula is C25H29F3N4. The largest absolute Gasteiger partial charge is 0.416 e. The van der Waals surface area contributed by atoms with Gasteiger partial charge in [-0.3, -0.25) is 0 Å². The zero-order chi connectivity index (χ0) is 22.9. The molecule has 4 nitrogen and oxygen atoms in total. The van der Waals surface area contributed by atoms with Gasteiger partial charge in [-0.1, -0.05) is 31.4 Å². The van der Waals surface area contributed by atoms with Crippen molar-refractivity contribution in [2.24, 2.45) is 7.05 Å². The third-order valence-electron chi connectivity index (χ3n) is 6.03. The van der Waals surface area contributed by atoms with Crippen molar-refractivity contribution in [3.63, 3.8) is 0 Å². The highest BCUT2D eigenvalue weighted by Gasteiger charge is 2.31. The van der Waals surface area contributed by atoms with Gasteiger partial charge in [0.25, 0.3) is 0 Å². The molecule has 3 aromatic rings. The van der Waals surface area contributed by atoms with Gasteiger partial charge in [0, 0.05) is 36.3 Å². The van der Waals surface area contributed by atoms with Crippen LogP contribution in [-0.4, -0.2) is 20.6 Å². The third kappa shape index (κ3) is 4.66. The van der Waals surface area contributed by atoms with Crippen molar-refractivity contribution in [3.8, 4) is 22.5 Å². The SMILES string of the molecule is CC(C)Nc1cc(-c2c(-c3cccc(C(F)(F)F)c3)nc(C3CCCCC3)n2C)ccn1. The summed E-state index contributed by atoms with van der Waals surface area (Å²) in [5.41, 5.74) is 2.10. The summed E-state index contributed by atoms with van der Waals surface area (Å²) in [5.74, 6) is 2.00. The fourth-order valence-corrected chi connectivity index (χ4v) is 4.57. The van der Waals surface area contributed by atoms with Crippen LogP contribution in [0, 0.1) is 0 Å². The molecule has 0 amide bonds. The highest BCUT2D eigenvalue weighted by molar-refractivity contribution is 5.80. The number of hydrogen-bond donors (Lipinski definition) is 1. The molecule has 2 aromatic heterocycles. The van der Waals surface area contributed by atoms with E-state index in [0.717, 1.165) is 54.6 Å². The van der Waals surface area contributed by atoms with E-state index in [0.29, 0.717) is 17.2 Å². The summed E-state index contributed by atoms with van der Waals surface area (Å²) in [6.07, 6.45) is 2.98. The minimum atomic E-state index is -4.40. The third-order valence-corrected chi connectivity index (χ3v) is 6.03. The molecule has 1 aliphatic carbocycles. The number of imidazole rings is 1. The van der Waals surface area contributed by atoms with Crippen LogP contribution in [0.1, 0.15) is 63.3 Å². The number of hydrogen-bond acceptors (Lipinski definition) is 3. The maximum atomic E-state index is 13.4. The first-order chi connectivity index (χ1) is 15.2. The van der Waals surface area contributed by atoms with Gasteiger partial charge in [0.05, 0.1) is 17.0 Å². The van der Waals surface area contributed by atoms with E-state index in [1.54, 1.807) is 12.3 Å². The molecule has 1 aromatic carbocycles. The Morgan fingerprint density at radius 3 is 2.47 bits per heavy atom. The van der Waals surface area contributed by atoms with Crippen molar-refractivity contribution in [3.05, 3.63) is 54.0 Å². The minimum Gasteiger partial charge on any atom is -0.368 e. The molecule has 0 radical (unpaired) electrons. The molecule has 0 atom stereocenters. The molecule has 7 heteroatoms. The van der Waals surface area contributed by atoms with Crippen molar-refractivity contribution in [2.45, 2.75) is 64.1 Å². The first-order valence-corrected chi connectivity index (χ1v) is 11.2. The monoisotopic (exact) mass is 442 g/mol. The molecule has 1 fully saturated rings. The van der Waals surface area contributed by atoms with Gasteiger partial charge in [-0.15, -0.1) is 0 Å². The second-order valence-electron chi connectivity index (χ2n) is 8.87. The van der Waals surface area contributed by atoms with E-state index in [1.165, 1.54) is 18.6 Å².